The van der Waals surface area contributed by atoms with Gasteiger partial charge in [-0.2, -0.15) is 0 Å². The molecule has 7 nitrogen and oxygen atoms in total. The van der Waals surface area contributed by atoms with E-state index in [0.29, 0.717) is 24.4 Å². The Balaban J connectivity index is 1.24. The summed E-state index contributed by atoms with van der Waals surface area (Å²) in [7, 11) is 0. The van der Waals surface area contributed by atoms with Crippen molar-refractivity contribution in [2.45, 2.75) is 27.2 Å². The molecule has 1 aliphatic heterocycles. The van der Waals surface area contributed by atoms with Crippen molar-refractivity contribution >= 4 is 39.4 Å². The molecule has 1 aliphatic rings. The second kappa shape index (κ2) is 12.0. The first-order valence-electron chi connectivity index (χ1n) is 14.2. The monoisotopic (exact) mass is 572 g/mol. The predicted octanol–water partition coefficient (Wildman–Crippen LogP) is 8.51. The molecule has 0 bridgehead atoms. The fraction of sp³-hybridized carbons (Fsp3) is 0.171. The Morgan fingerprint density at radius 3 is 2.60 bits per heavy atom. The molecule has 4 heterocycles. The molecule has 0 spiro atoms. The number of ether oxygens (including phenoxy) is 1. The number of rotatable bonds is 8. The minimum Gasteiger partial charge on any atom is -0.374 e. The van der Waals surface area contributed by atoms with Gasteiger partial charge in [0.1, 0.15) is 11.5 Å². The minimum atomic E-state index is -0.207. The standard InChI is InChI=1S/C35H33FN6O/c1-21(2)15-33(29-17-24(6-5-22(29)3)28-12-14-43-20-30(28)36)40-27-8-10-32(38-19-27)35-41-31-9-7-25(18-34(31)42-35)39-26-11-13-37-23(4)16-26/h5-11,13,15-19,40H,1,12,14,20H2,2-4H3,(H,37,39)(H,41,42)/b33-15+. The molecular weight excluding hydrogens is 539 g/mol. The van der Waals surface area contributed by atoms with E-state index in [1.54, 1.807) is 12.4 Å². The van der Waals surface area contributed by atoms with Crippen molar-refractivity contribution in [1.82, 2.24) is 19.9 Å². The van der Waals surface area contributed by atoms with Crippen LogP contribution in [0.4, 0.5) is 21.5 Å². The van der Waals surface area contributed by atoms with Gasteiger partial charge in [0.15, 0.2) is 5.82 Å². The molecule has 0 amide bonds. The number of pyridine rings is 2. The van der Waals surface area contributed by atoms with E-state index in [1.165, 1.54) is 0 Å². The number of aryl methyl sites for hydroxylation is 2. The summed E-state index contributed by atoms with van der Waals surface area (Å²) in [4.78, 5) is 17.1. The summed E-state index contributed by atoms with van der Waals surface area (Å²) in [6.45, 7) is 10.6. The first-order valence-corrected chi connectivity index (χ1v) is 14.2. The van der Waals surface area contributed by atoms with Crippen molar-refractivity contribution in [1.29, 1.82) is 0 Å². The van der Waals surface area contributed by atoms with E-state index >= 15 is 0 Å². The Morgan fingerprint density at radius 2 is 1.84 bits per heavy atom. The minimum absolute atomic E-state index is 0.0257. The van der Waals surface area contributed by atoms with Gasteiger partial charge in [-0.15, -0.1) is 0 Å². The zero-order valence-electron chi connectivity index (χ0n) is 24.5. The highest BCUT2D eigenvalue weighted by Crippen LogP contribution is 2.32. The van der Waals surface area contributed by atoms with Gasteiger partial charge in [0, 0.05) is 34.5 Å². The zero-order chi connectivity index (χ0) is 29.9. The van der Waals surface area contributed by atoms with Crippen LogP contribution < -0.4 is 10.6 Å². The van der Waals surface area contributed by atoms with Crippen molar-refractivity contribution in [3.8, 4) is 11.5 Å². The molecular formula is C35H33FN6O. The fourth-order valence-electron chi connectivity index (χ4n) is 5.15. The maximum atomic E-state index is 14.6. The van der Waals surface area contributed by atoms with Gasteiger partial charge in [-0.3, -0.25) is 9.97 Å². The number of nitrogens with one attached hydrogen (secondary N) is 3. The number of benzene rings is 2. The van der Waals surface area contributed by atoms with E-state index in [0.717, 1.165) is 67.4 Å². The van der Waals surface area contributed by atoms with Crippen molar-refractivity contribution in [2.24, 2.45) is 0 Å². The summed E-state index contributed by atoms with van der Waals surface area (Å²) in [5.74, 6) is 0.479. The van der Waals surface area contributed by atoms with Crippen LogP contribution >= 0.6 is 0 Å². The molecule has 0 atom stereocenters. The van der Waals surface area contributed by atoms with Crippen LogP contribution in [-0.4, -0.2) is 33.1 Å². The molecule has 0 fully saturated rings. The molecule has 0 radical (unpaired) electrons. The van der Waals surface area contributed by atoms with Gasteiger partial charge >= 0.3 is 0 Å². The number of H-pyrrole nitrogens is 1. The Morgan fingerprint density at radius 1 is 1.00 bits per heavy atom. The van der Waals surface area contributed by atoms with Gasteiger partial charge in [-0.05, 0) is 98.5 Å². The van der Waals surface area contributed by atoms with Crippen LogP contribution in [0.2, 0.25) is 0 Å². The number of hydrogen-bond donors (Lipinski definition) is 3. The van der Waals surface area contributed by atoms with E-state index in [4.69, 9.17) is 14.7 Å². The van der Waals surface area contributed by atoms with Gasteiger partial charge in [-0.25, -0.2) is 9.37 Å². The summed E-state index contributed by atoms with van der Waals surface area (Å²) in [5, 5.41) is 6.93. The third kappa shape index (κ3) is 6.39. The van der Waals surface area contributed by atoms with Crippen LogP contribution in [-0.2, 0) is 4.74 Å². The summed E-state index contributed by atoms with van der Waals surface area (Å²) in [5.41, 5.74) is 11.5. The third-order valence-corrected chi connectivity index (χ3v) is 7.27. The maximum absolute atomic E-state index is 14.6. The lowest BCUT2D eigenvalue weighted by molar-refractivity contribution is 0.137. The Kier molecular flexibility index (Phi) is 7.85. The first kappa shape index (κ1) is 28.1. The van der Waals surface area contributed by atoms with Crippen LogP contribution in [0.25, 0.3) is 33.8 Å². The smallest absolute Gasteiger partial charge is 0.157 e. The van der Waals surface area contributed by atoms with Crippen molar-refractivity contribution in [2.75, 3.05) is 23.8 Å². The molecule has 0 unspecified atom stereocenters. The van der Waals surface area contributed by atoms with Gasteiger partial charge in [-0.1, -0.05) is 24.3 Å². The largest absolute Gasteiger partial charge is 0.374 e. The number of imidazole rings is 1. The SMILES string of the molecule is C=C(C)/C=C(/Nc1ccc(-c2nc3ccc(Nc4ccnc(C)c4)cc3[nH]2)nc1)c1cc(C2=C(F)COCC2)ccc1C. The lowest BCUT2D eigenvalue weighted by atomic mass is 9.94. The normalized spacial score (nSPS) is 13.8. The Bertz CT molecular complexity index is 1890. The van der Waals surface area contributed by atoms with Gasteiger partial charge in [0.2, 0.25) is 0 Å². The molecule has 0 saturated carbocycles. The summed E-state index contributed by atoms with van der Waals surface area (Å²) >= 11 is 0. The number of anilines is 3. The number of halogens is 1. The molecule has 8 heteroatoms. The topological polar surface area (TPSA) is 87.8 Å². The molecule has 3 N–H and O–H groups in total. The second-order valence-corrected chi connectivity index (χ2v) is 10.8. The molecule has 43 heavy (non-hydrogen) atoms. The molecule has 2 aromatic carbocycles. The maximum Gasteiger partial charge on any atom is 0.157 e. The van der Waals surface area contributed by atoms with Crippen LogP contribution in [0.15, 0.2) is 97.1 Å². The number of aromatic nitrogens is 4. The first-order chi connectivity index (χ1) is 20.8. The molecule has 216 valence electrons. The highest BCUT2D eigenvalue weighted by Gasteiger charge is 2.17. The highest BCUT2D eigenvalue weighted by atomic mass is 19.1. The Hall–Kier alpha value is -5.08. The van der Waals surface area contributed by atoms with Gasteiger partial charge in [0.05, 0.1) is 36.1 Å². The molecule has 0 saturated heterocycles. The Labute approximate surface area is 250 Å². The van der Waals surface area contributed by atoms with Crippen molar-refractivity contribution in [3.63, 3.8) is 0 Å². The quantitative estimate of drug-likeness (QED) is 0.162. The van der Waals surface area contributed by atoms with E-state index < -0.39 is 0 Å². The van der Waals surface area contributed by atoms with E-state index in [2.05, 4.69) is 27.2 Å². The lowest BCUT2D eigenvalue weighted by Crippen LogP contribution is -2.09. The zero-order valence-corrected chi connectivity index (χ0v) is 24.5. The van der Waals surface area contributed by atoms with Crippen LogP contribution in [0.3, 0.4) is 0 Å². The van der Waals surface area contributed by atoms with Crippen LogP contribution in [0, 0.1) is 13.8 Å². The van der Waals surface area contributed by atoms with E-state index in [9.17, 15) is 4.39 Å². The third-order valence-electron chi connectivity index (χ3n) is 7.27. The number of allylic oxidation sites excluding steroid dienone is 2. The molecule has 3 aromatic heterocycles. The molecule has 0 aliphatic carbocycles. The average molecular weight is 573 g/mol. The summed E-state index contributed by atoms with van der Waals surface area (Å²) < 4.78 is 19.8. The van der Waals surface area contributed by atoms with Gasteiger partial charge < -0.3 is 20.4 Å². The predicted molar refractivity (Wildman–Crippen MR) is 173 cm³/mol. The van der Waals surface area contributed by atoms with E-state index in [1.807, 2.05) is 87.5 Å². The lowest BCUT2D eigenvalue weighted by Gasteiger charge is -2.19. The number of nitrogens with zero attached hydrogens (tertiary/aromatic N) is 3. The average Bonchev–Trinajstić information content (AvgIpc) is 3.41. The second-order valence-electron chi connectivity index (χ2n) is 10.8. The van der Waals surface area contributed by atoms with Gasteiger partial charge in [0.25, 0.3) is 0 Å². The van der Waals surface area contributed by atoms with Crippen molar-refractivity contribution in [3.05, 3.63) is 119 Å². The van der Waals surface area contributed by atoms with Crippen molar-refractivity contribution < 1.29 is 9.13 Å². The summed E-state index contributed by atoms with van der Waals surface area (Å²) in [6, 6.07) is 19.9. The fourth-order valence-corrected chi connectivity index (χ4v) is 5.15. The van der Waals surface area contributed by atoms with Crippen LogP contribution in [0.1, 0.15) is 35.7 Å². The van der Waals surface area contributed by atoms with E-state index in [-0.39, 0.29) is 12.4 Å². The number of aromatic amines is 1. The molecule has 6 rings (SSSR count). The summed E-state index contributed by atoms with van der Waals surface area (Å²) in [6.07, 6.45) is 6.12. The molecule has 5 aromatic rings. The number of hydrogen-bond acceptors (Lipinski definition) is 6. The number of fused-ring (bicyclic) bond motifs is 1. The highest BCUT2D eigenvalue weighted by molar-refractivity contribution is 5.84. The van der Waals surface area contributed by atoms with Crippen LogP contribution in [0.5, 0.6) is 0 Å².